The van der Waals surface area contributed by atoms with Crippen molar-refractivity contribution in [3.05, 3.63) is 54.1 Å². The average molecular weight is 298 g/mol. The quantitative estimate of drug-likeness (QED) is 0.403. The number of thioether (sulfide) groups is 1. The van der Waals surface area contributed by atoms with Crippen LogP contribution < -0.4 is 0 Å². The van der Waals surface area contributed by atoms with Gasteiger partial charge in [0.05, 0.1) is 15.9 Å². The zero-order valence-electron chi connectivity index (χ0n) is 10.4. The van der Waals surface area contributed by atoms with Gasteiger partial charge in [-0.3, -0.25) is 0 Å². The Labute approximate surface area is 124 Å². The van der Waals surface area contributed by atoms with E-state index in [1.165, 1.54) is 5.56 Å². The topological polar surface area (TPSA) is 42.3 Å². The molecule has 0 unspecified atom stereocenters. The molecule has 1 heterocycles. The first kappa shape index (κ1) is 13.1. The van der Waals surface area contributed by atoms with Crippen LogP contribution in [-0.4, -0.2) is 11.1 Å². The molecular weight excluding hydrogens is 288 g/mol. The van der Waals surface area contributed by atoms with E-state index in [9.17, 15) is 4.79 Å². The van der Waals surface area contributed by atoms with Crippen LogP contribution in [0.1, 0.15) is 5.56 Å². The summed E-state index contributed by atoms with van der Waals surface area (Å²) < 4.78 is 2.06. The number of isocyanates is 1. The molecule has 0 bridgehead atoms. The Hall–Kier alpha value is -1.94. The van der Waals surface area contributed by atoms with Crippen molar-refractivity contribution in [1.82, 2.24) is 4.98 Å². The third kappa shape index (κ3) is 2.96. The number of hydrogen-bond acceptors (Lipinski definition) is 5. The molecule has 2 aromatic carbocycles. The summed E-state index contributed by atoms with van der Waals surface area (Å²) in [7, 11) is 0. The summed E-state index contributed by atoms with van der Waals surface area (Å²) >= 11 is 3.34. The van der Waals surface area contributed by atoms with E-state index in [-0.39, 0.29) is 0 Å². The summed E-state index contributed by atoms with van der Waals surface area (Å²) in [6.07, 6.45) is 1.56. The zero-order valence-corrected chi connectivity index (χ0v) is 12.1. The monoisotopic (exact) mass is 298 g/mol. The van der Waals surface area contributed by atoms with Crippen molar-refractivity contribution in [2.24, 2.45) is 4.99 Å². The minimum atomic E-state index is 0.621. The van der Waals surface area contributed by atoms with Crippen LogP contribution in [-0.2, 0) is 10.5 Å². The van der Waals surface area contributed by atoms with E-state index in [0.29, 0.717) is 5.69 Å². The molecule has 0 aliphatic heterocycles. The van der Waals surface area contributed by atoms with Gasteiger partial charge in [-0.15, -0.1) is 11.3 Å². The third-order valence-electron chi connectivity index (χ3n) is 2.73. The second-order valence-electron chi connectivity index (χ2n) is 4.11. The second kappa shape index (κ2) is 6.01. The van der Waals surface area contributed by atoms with Crippen molar-refractivity contribution in [3.63, 3.8) is 0 Å². The molecule has 0 atom stereocenters. The maximum absolute atomic E-state index is 10.3. The van der Waals surface area contributed by atoms with E-state index in [1.807, 2.05) is 30.3 Å². The van der Waals surface area contributed by atoms with Crippen LogP contribution in [0.5, 0.6) is 0 Å². The summed E-state index contributed by atoms with van der Waals surface area (Å²) in [5.74, 6) is 0.903. The Morgan fingerprint density at radius 1 is 1.20 bits per heavy atom. The molecule has 0 aliphatic rings. The molecule has 0 aliphatic carbocycles. The van der Waals surface area contributed by atoms with Gasteiger partial charge in [-0.25, -0.2) is 9.78 Å². The Bertz CT molecular complexity index is 777. The summed E-state index contributed by atoms with van der Waals surface area (Å²) in [4.78, 5) is 18.5. The standard InChI is InChI=1S/C15H10N2OS2/c18-10-16-12-6-7-13-14(8-12)20-15(17-13)19-9-11-4-2-1-3-5-11/h1-8H,9H2. The molecular formula is C15H10N2OS2. The summed E-state index contributed by atoms with van der Waals surface area (Å²) in [6.45, 7) is 0. The number of carbonyl (C=O) groups excluding carboxylic acids is 1. The van der Waals surface area contributed by atoms with E-state index in [4.69, 9.17) is 0 Å². The lowest BCUT2D eigenvalue weighted by atomic mass is 10.2. The van der Waals surface area contributed by atoms with Gasteiger partial charge in [-0.1, -0.05) is 42.1 Å². The van der Waals surface area contributed by atoms with Crippen molar-refractivity contribution in [2.75, 3.05) is 0 Å². The minimum absolute atomic E-state index is 0.621. The summed E-state index contributed by atoms with van der Waals surface area (Å²) in [5.41, 5.74) is 2.84. The highest BCUT2D eigenvalue weighted by Crippen LogP contribution is 2.33. The first-order chi connectivity index (χ1) is 9.85. The van der Waals surface area contributed by atoms with E-state index >= 15 is 0 Å². The van der Waals surface area contributed by atoms with Gasteiger partial charge in [-0.2, -0.15) is 4.99 Å². The lowest BCUT2D eigenvalue weighted by molar-refractivity contribution is 0.565. The van der Waals surface area contributed by atoms with E-state index in [0.717, 1.165) is 20.3 Å². The van der Waals surface area contributed by atoms with Crippen molar-refractivity contribution < 1.29 is 4.79 Å². The molecule has 3 aromatic rings. The van der Waals surface area contributed by atoms with Gasteiger partial charge in [0.25, 0.3) is 0 Å². The van der Waals surface area contributed by atoms with Crippen molar-refractivity contribution in [3.8, 4) is 0 Å². The molecule has 0 N–H and O–H groups in total. The molecule has 0 saturated heterocycles. The van der Waals surface area contributed by atoms with Crippen LogP contribution in [0.4, 0.5) is 5.69 Å². The van der Waals surface area contributed by atoms with Gasteiger partial charge in [0.15, 0.2) is 4.34 Å². The van der Waals surface area contributed by atoms with Gasteiger partial charge >= 0.3 is 0 Å². The van der Waals surface area contributed by atoms with Gasteiger partial charge in [-0.05, 0) is 23.8 Å². The molecule has 3 nitrogen and oxygen atoms in total. The van der Waals surface area contributed by atoms with Crippen LogP contribution in [0.2, 0.25) is 0 Å². The fourth-order valence-electron chi connectivity index (χ4n) is 1.80. The molecule has 5 heteroatoms. The van der Waals surface area contributed by atoms with E-state index in [2.05, 4.69) is 22.1 Å². The molecule has 98 valence electrons. The fourth-order valence-corrected chi connectivity index (χ4v) is 3.85. The first-order valence-electron chi connectivity index (χ1n) is 6.00. The largest absolute Gasteiger partial charge is 0.240 e. The predicted octanol–water partition coefficient (Wildman–Crippen LogP) is 4.56. The first-order valence-corrected chi connectivity index (χ1v) is 7.80. The highest BCUT2D eigenvalue weighted by Gasteiger charge is 2.05. The number of aliphatic imine (C=N–C) groups is 1. The van der Waals surface area contributed by atoms with Gasteiger partial charge in [0.2, 0.25) is 6.08 Å². The molecule has 3 rings (SSSR count). The number of fused-ring (bicyclic) bond motifs is 1. The smallest absolute Gasteiger partial charge is 0.230 e. The molecule has 0 radical (unpaired) electrons. The molecule has 20 heavy (non-hydrogen) atoms. The van der Waals surface area contributed by atoms with Gasteiger partial charge in [0.1, 0.15) is 0 Å². The highest BCUT2D eigenvalue weighted by atomic mass is 32.2. The number of thiazole rings is 1. The van der Waals surface area contributed by atoms with Crippen LogP contribution in [0, 0.1) is 0 Å². The Balaban J connectivity index is 1.80. The summed E-state index contributed by atoms with van der Waals surface area (Å²) in [6, 6.07) is 15.8. The Morgan fingerprint density at radius 2 is 2.05 bits per heavy atom. The minimum Gasteiger partial charge on any atom is -0.230 e. The number of aromatic nitrogens is 1. The zero-order chi connectivity index (χ0) is 13.8. The van der Waals surface area contributed by atoms with Crippen LogP contribution in [0.3, 0.4) is 0 Å². The Morgan fingerprint density at radius 3 is 2.85 bits per heavy atom. The van der Waals surface area contributed by atoms with Crippen molar-refractivity contribution in [1.29, 1.82) is 0 Å². The molecule has 0 spiro atoms. The SMILES string of the molecule is O=C=Nc1ccc2nc(SCc3ccccc3)sc2c1. The second-order valence-corrected chi connectivity index (χ2v) is 6.36. The van der Waals surface area contributed by atoms with Crippen LogP contribution in [0.25, 0.3) is 10.2 Å². The van der Waals surface area contributed by atoms with E-state index in [1.54, 1.807) is 35.2 Å². The van der Waals surface area contributed by atoms with Crippen LogP contribution >= 0.6 is 23.1 Å². The molecule has 1 aromatic heterocycles. The lowest BCUT2D eigenvalue weighted by Crippen LogP contribution is -1.78. The number of hydrogen-bond donors (Lipinski definition) is 0. The van der Waals surface area contributed by atoms with Gasteiger partial charge in [0, 0.05) is 5.75 Å². The number of rotatable bonds is 4. The maximum Gasteiger partial charge on any atom is 0.240 e. The number of nitrogens with zero attached hydrogens (tertiary/aromatic N) is 2. The average Bonchev–Trinajstić information content (AvgIpc) is 2.89. The fraction of sp³-hybridized carbons (Fsp3) is 0.0667. The summed E-state index contributed by atoms with van der Waals surface area (Å²) in [5, 5.41) is 0. The van der Waals surface area contributed by atoms with E-state index < -0.39 is 0 Å². The normalized spacial score (nSPS) is 10.4. The predicted molar refractivity (Wildman–Crippen MR) is 83.4 cm³/mol. The lowest BCUT2D eigenvalue weighted by Gasteiger charge is -1.97. The van der Waals surface area contributed by atoms with Crippen molar-refractivity contribution >= 4 is 45.1 Å². The van der Waals surface area contributed by atoms with Crippen molar-refractivity contribution in [2.45, 2.75) is 10.1 Å². The number of benzene rings is 2. The molecule has 0 saturated carbocycles. The molecule has 0 fully saturated rings. The van der Waals surface area contributed by atoms with Crippen LogP contribution in [0.15, 0.2) is 57.9 Å². The maximum atomic E-state index is 10.3. The molecule has 0 amide bonds. The Kier molecular flexibility index (Phi) is 3.92. The van der Waals surface area contributed by atoms with Gasteiger partial charge < -0.3 is 0 Å². The highest BCUT2D eigenvalue weighted by molar-refractivity contribution is 8.00. The third-order valence-corrected chi connectivity index (χ3v) is 4.96.